The zero-order valence-electron chi connectivity index (χ0n) is 10.2. The van der Waals surface area contributed by atoms with E-state index < -0.39 is 0 Å². The van der Waals surface area contributed by atoms with E-state index in [-0.39, 0.29) is 0 Å². The molecule has 0 saturated carbocycles. The predicted octanol–water partition coefficient (Wildman–Crippen LogP) is 2.57. The molecule has 0 aliphatic carbocycles. The molecule has 0 bridgehead atoms. The van der Waals surface area contributed by atoms with Crippen LogP contribution in [0.15, 0.2) is 12.4 Å². The summed E-state index contributed by atoms with van der Waals surface area (Å²) in [5.41, 5.74) is 1.28. The molecule has 0 aliphatic rings. The molecular formula is C12H23N3. The monoisotopic (exact) mass is 209 g/mol. The Bertz CT molecular complexity index is 268. The molecule has 15 heavy (non-hydrogen) atoms. The van der Waals surface area contributed by atoms with Crippen molar-refractivity contribution in [2.75, 3.05) is 0 Å². The van der Waals surface area contributed by atoms with Crippen LogP contribution in [-0.4, -0.2) is 15.8 Å². The van der Waals surface area contributed by atoms with Crippen molar-refractivity contribution >= 4 is 0 Å². The smallest absolute Gasteiger partial charge is 0.0534 e. The lowest BCUT2D eigenvalue weighted by Gasteiger charge is -2.14. The maximum Gasteiger partial charge on any atom is 0.0534 e. The molecule has 0 spiro atoms. The standard InChI is InChI=1S/C12H23N3/c1-4-7-12(5-2)13-8-11-9-14-15(6-3)10-11/h9-10,12-13H,4-8H2,1-3H3. The second-order valence-corrected chi connectivity index (χ2v) is 3.98. The van der Waals surface area contributed by atoms with Gasteiger partial charge in [0, 0.05) is 30.9 Å². The highest BCUT2D eigenvalue weighted by Crippen LogP contribution is 2.03. The number of aryl methyl sites for hydroxylation is 1. The minimum Gasteiger partial charge on any atom is -0.310 e. The Hall–Kier alpha value is -0.830. The number of hydrogen-bond acceptors (Lipinski definition) is 2. The van der Waals surface area contributed by atoms with Crippen molar-refractivity contribution in [1.82, 2.24) is 15.1 Å². The summed E-state index contributed by atoms with van der Waals surface area (Å²) in [6.07, 6.45) is 7.79. The van der Waals surface area contributed by atoms with Crippen LogP contribution in [0, 0.1) is 0 Å². The molecule has 0 fully saturated rings. The maximum absolute atomic E-state index is 4.26. The van der Waals surface area contributed by atoms with Gasteiger partial charge in [0.15, 0.2) is 0 Å². The third kappa shape index (κ3) is 4.04. The number of aromatic nitrogens is 2. The first kappa shape index (κ1) is 12.2. The van der Waals surface area contributed by atoms with Crippen LogP contribution < -0.4 is 5.32 Å². The lowest BCUT2D eigenvalue weighted by molar-refractivity contribution is 0.462. The topological polar surface area (TPSA) is 29.9 Å². The first-order valence-electron chi connectivity index (χ1n) is 6.04. The molecule has 0 saturated heterocycles. The first-order chi connectivity index (χ1) is 7.30. The summed E-state index contributed by atoms with van der Waals surface area (Å²) < 4.78 is 1.97. The number of nitrogens with zero attached hydrogens (tertiary/aromatic N) is 2. The minimum absolute atomic E-state index is 0.653. The van der Waals surface area contributed by atoms with Gasteiger partial charge in [0.1, 0.15) is 0 Å². The van der Waals surface area contributed by atoms with Crippen molar-refractivity contribution in [2.24, 2.45) is 0 Å². The third-order valence-electron chi connectivity index (χ3n) is 2.74. The number of rotatable bonds is 7. The SMILES string of the molecule is CCCC(CC)NCc1cnn(CC)c1. The molecule has 86 valence electrons. The summed E-state index contributed by atoms with van der Waals surface area (Å²) in [5.74, 6) is 0. The van der Waals surface area contributed by atoms with E-state index in [0.717, 1.165) is 13.1 Å². The molecule has 3 heteroatoms. The summed E-state index contributed by atoms with van der Waals surface area (Å²) in [5, 5.41) is 7.83. The van der Waals surface area contributed by atoms with E-state index in [1.807, 2.05) is 10.9 Å². The van der Waals surface area contributed by atoms with Crippen LogP contribution in [-0.2, 0) is 13.1 Å². The van der Waals surface area contributed by atoms with Crippen LogP contribution in [0.25, 0.3) is 0 Å². The zero-order valence-corrected chi connectivity index (χ0v) is 10.2. The fraction of sp³-hybridized carbons (Fsp3) is 0.750. The lowest BCUT2D eigenvalue weighted by Crippen LogP contribution is -2.27. The summed E-state index contributed by atoms with van der Waals surface area (Å²) >= 11 is 0. The van der Waals surface area contributed by atoms with Gasteiger partial charge in [-0.05, 0) is 19.8 Å². The molecule has 1 N–H and O–H groups in total. The fourth-order valence-electron chi connectivity index (χ4n) is 1.73. The van der Waals surface area contributed by atoms with Crippen LogP contribution in [0.3, 0.4) is 0 Å². The van der Waals surface area contributed by atoms with Crippen molar-refractivity contribution in [1.29, 1.82) is 0 Å². The summed E-state index contributed by atoms with van der Waals surface area (Å²) in [4.78, 5) is 0. The Kier molecular flexibility index (Phi) is 5.40. The molecule has 1 heterocycles. The zero-order chi connectivity index (χ0) is 11.1. The molecule has 0 radical (unpaired) electrons. The molecule has 3 nitrogen and oxygen atoms in total. The number of hydrogen-bond donors (Lipinski definition) is 1. The molecule has 1 rings (SSSR count). The molecule has 1 aromatic rings. The average Bonchev–Trinajstić information content (AvgIpc) is 2.72. The minimum atomic E-state index is 0.653. The van der Waals surface area contributed by atoms with Gasteiger partial charge in [0.2, 0.25) is 0 Å². The normalized spacial score (nSPS) is 13.0. The van der Waals surface area contributed by atoms with Crippen LogP contribution in [0.5, 0.6) is 0 Å². The summed E-state index contributed by atoms with van der Waals surface area (Å²) in [6.45, 7) is 8.48. The molecule has 0 amide bonds. The van der Waals surface area contributed by atoms with Gasteiger partial charge in [-0.1, -0.05) is 20.3 Å². The van der Waals surface area contributed by atoms with Gasteiger partial charge in [-0.15, -0.1) is 0 Å². The third-order valence-corrected chi connectivity index (χ3v) is 2.74. The van der Waals surface area contributed by atoms with Crippen molar-refractivity contribution in [3.8, 4) is 0 Å². The van der Waals surface area contributed by atoms with E-state index in [0.29, 0.717) is 6.04 Å². The van der Waals surface area contributed by atoms with Crippen LogP contribution in [0.2, 0.25) is 0 Å². The van der Waals surface area contributed by atoms with Crippen molar-refractivity contribution in [2.45, 2.75) is 59.2 Å². The second kappa shape index (κ2) is 6.62. The van der Waals surface area contributed by atoms with Gasteiger partial charge in [-0.2, -0.15) is 5.10 Å². The fourth-order valence-corrected chi connectivity index (χ4v) is 1.73. The van der Waals surface area contributed by atoms with Gasteiger partial charge in [0.05, 0.1) is 6.20 Å². The van der Waals surface area contributed by atoms with E-state index in [9.17, 15) is 0 Å². The largest absolute Gasteiger partial charge is 0.310 e. The van der Waals surface area contributed by atoms with Crippen LogP contribution in [0.1, 0.15) is 45.6 Å². The summed E-state index contributed by atoms with van der Waals surface area (Å²) in [6, 6.07) is 0.653. The van der Waals surface area contributed by atoms with Gasteiger partial charge in [0.25, 0.3) is 0 Å². The second-order valence-electron chi connectivity index (χ2n) is 3.98. The van der Waals surface area contributed by atoms with Gasteiger partial charge in [-0.25, -0.2) is 0 Å². The molecule has 1 unspecified atom stereocenters. The molecule has 0 aliphatic heterocycles. The van der Waals surface area contributed by atoms with Crippen LogP contribution in [0.4, 0.5) is 0 Å². The molecular weight excluding hydrogens is 186 g/mol. The lowest BCUT2D eigenvalue weighted by atomic mass is 10.1. The van der Waals surface area contributed by atoms with Gasteiger partial charge >= 0.3 is 0 Å². The number of nitrogens with one attached hydrogen (secondary N) is 1. The van der Waals surface area contributed by atoms with E-state index in [1.54, 1.807) is 0 Å². The van der Waals surface area contributed by atoms with E-state index in [2.05, 4.69) is 37.4 Å². The van der Waals surface area contributed by atoms with Gasteiger partial charge in [-0.3, -0.25) is 4.68 Å². The Morgan fingerprint density at radius 2 is 2.20 bits per heavy atom. The van der Waals surface area contributed by atoms with Crippen molar-refractivity contribution in [3.63, 3.8) is 0 Å². The Morgan fingerprint density at radius 3 is 2.73 bits per heavy atom. The van der Waals surface area contributed by atoms with E-state index >= 15 is 0 Å². The molecule has 0 aromatic carbocycles. The Labute approximate surface area is 92.9 Å². The highest BCUT2D eigenvalue weighted by molar-refractivity contribution is 5.03. The highest BCUT2D eigenvalue weighted by Gasteiger charge is 2.04. The van der Waals surface area contributed by atoms with Crippen LogP contribution >= 0.6 is 0 Å². The first-order valence-corrected chi connectivity index (χ1v) is 6.04. The maximum atomic E-state index is 4.26. The summed E-state index contributed by atoms with van der Waals surface area (Å²) in [7, 11) is 0. The van der Waals surface area contributed by atoms with E-state index in [1.165, 1.54) is 24.8 Å². The highest BCUT2D eigenvalue weighted by atomic mass is 15.3. The van der Waals surface area contributed by atoms with Gasteiger partial charge < -0.3 is 5.32 Å². The predicted molar refractivity (Wildman–Crippen MR) is 63.7 cm³/mol. The quantitative estimate of drug-likeness (QED) is 0.748. The Morgan fingerprint density at radius 1 is 1.40 bits per heavy atom. The van der Waals surface area contributed by atoms with Crippen molar-refractivity contribution < 1.29 is 0 Å². The Balaban J connectivity index is 2.34. The van der Waals surface area contributed by atoms with Crippen molar-refractivity contribution in [3.05, 3.63) is 18.0 Å². The van der Waals surface area contributed by atoms with E-state index in [4.69, 9.17) is 0 Å². The molecule has 1 aromatic heterocycles. The molecule has 1 atom stereocenters. The average molecular weight is 209 g/mol.